The molecule has 37 heavy (non-hydrogen) atoms. The van der Waals surface area contributed by atoms with Gasteiger partial charge in [-0.3, -0.25) is 19.2 Å². The quantitative estimate of drug-likeness (QED) is 0.129. The molecule has 1 aromatic carbocycles. The minimum Gasteiger partial charge on any atom is -0.481 e. The van der Waals surface area contributed by atoms with Crippen LogP contribution in [0.5, 0.6) is 0 Å². The fourth-order valence-corrected chi connectivity index (χ4v) is 3.56. The van der Waals surface area contributed by atoms with Crippen molar-refractivity contribution in [1.82, 2.24) is 25.9 Å². The van der Waals surface area contributed by atoms with Crippen LogP contribution >= 0.6 is 12.6 Å². The Balaban J connectivity index is 2.11. The molecule has 2 aromatic rings. The van der Waals surface area contributed by atoms with Gasteiger partial charge in [0.2, 0.25) is 17.7 Å². The van der Waals surface area contributed by atoms with Gasteiger partial charge in [-0.2, -0.15) is 12.6 Å². The molecule has 0 saturated heterocycles. The first-order chi connectivity index (χ1) is 17.6. The third-order valence-electron chi connectivity index (χ3n) is 5.33. The van der Waals surface area contributed by atoms with E-state index in [4.69, 9.17) is 10.8 Å². The Kier molecular flexibility index (Phi) is 11.6. The maximum atomic E-state index is 13.1. The largest absolute Gasteiger partial charge is 0.481 e. The smallest absolute Gasteiger partial charge is 0.326 e. The number of aliphatic carboxylic acids is 2. The van der Waals surface area contributed by atoms with Gasteiger partial charge in [0.15, 0.2) is 0 Å². The first-order valence-electron chi connectivity index (χ1n) is 11.3. The second kappa shape index (κ2) is 14.6. The molecule has 0 bridgehead atoms. The van der Waals surface area contributed by atoms with E-state index in [2.05, 4.69) is 38.5 Å². The van der Waals surface area contributed by atoms with Crippen molar-refractivity contribution in [3.63, 3.8) is 0 Å². The SMILES string of the molecule is NC(CCC(=O)O)C(=O)NC(Cc1ccccc1)C(=O)NC(CS)C(=O)NC(Cc1cnc[nH]1)C(=O)O. The Hall–Kier alpha value is -3.91. The van der Waals surface area contributed by atoms with Gasteiger partial charge in [0.05, 0.1) is 12.4 Å². The number of nitrogens with one attached hydrogen (secondary N) is 4. The lowest BCUT2D eigenvalue weighted by molar-refractivity contribution is -0.142. The number of carbonyl (C=O) groups is 5. The number of aromatic nitrogens is 2. The Labute approximate surface area is 218 Å². The predicted octanol–water partition coefficient (Wildman–Crippen LogP) is -1.14. The number of carboxylic acids is 2. The van der Waals surface area contributed by atoms with E-state index in [-0.39, 0.29) is 31.4 Å². The lowest BCUT2D eigenvalue weighted by atomic mass is 10.0. The number of nitrogens with zero attached hydrogens (tertiary/aromatic N) is 1. The van der Waals surface area contributed by atoms with Crippen LogP contribution in [0, 0.1) is 0 Å². The molecule has 4 unspecified atom stereocenters. The number of H-pyrrole nitrogens is 1. The van der Waals surface area contributed by atoms with Gasteiger partial charge in [-0.15, -0.1) is 0 Å². The number of hydrogen-bond acceptors (Lipinski definition) is 8. The van der Waals surface area contributed by atoms with Gasteiger partial charge in [0.25, 0.3) is 0 Å². The Morgan fingerprint density at radius 1 is 0.919 bits per heavy atom. The fraction of sp³-hybridized carbons (Fsp3) is 0.391. The van der Waals surface area contributed by atoms with Crippen LogP contribution in [-0.2, 0) is 36.8 Å². The Morgan fingerprint density at radius 3 is 2.11 bits per heavy atom. The average Bonchev–Trinajstić information content (AvgIpc) is 3.38. The van der Waals surface area contributed by atoms with Gasteiger partial charge < -0.3 is 36.9 Å². The molecule has 0 spiro atoms. The molecule has 0 saturated carbocycles. The highest BCUT2D eigenvalue weighted by Crippen LogP contribution is 2.06. The molecule has 0 fully saturated rings. The summed E-state index contributed by atoms with van der Waals surface area (Å²) in [4.78, 5) is 67.4. The highest BCUT2D eigenvalue weighted by molar-refractivity contribution is 7.80. The van der Waals surface area contributed by atoms with Crippen LogP contribution in [0.1, 0.15) is 24.1 Å². The minimum absolute atomic E-state index is 0.0581. The summed E-state index contributed by atoms with van der Waals surface area (Å²) in [6, 6.07) is 3.95. The standard InChI is InChI=1S/C23H30N6O7S/c24-15(6-7-19(30)31)20(32)27-16(8-13-4-2-1-3-5-13)21(33)29-18(11-37)22(34)28-17(23(35)36)9-14-10-25-12-26-14/h1-5,10,12,15-18,37H,6-9,11,24H2,(H,25,26)(H,27,32)(H,28,34)(H,29,33)(H,30,31)(H,35,36). The van der Waals surface area contributed by atoms with Crippen LogP contribution < -0.4 is 21.7 Å². The first-order valence-corrected chi connectivity index (χ1v) is 12.0. The summed E-state index contributed by atoms with van der Waals surface area (Å²) in [7, 11) is 0. The van der Waals surface area contributed by atoms with E-state index in [0.717, 1.165) is 0 Å². The summed E-state index contributed by atoms with van der Waals surface area (Å²) in [6.45, 7) is 0. The molecule has 0 radical (unpaired) electrons. The van der Waals surface area contributed by atoms with Crippen molar-refractivity contribution >= 4 is 42.3 Å². The average molecular weight is 535 g/mol. The van der Waals surface area contributed by atoms with E-state index in [1.165, 1.54) is 12.5 Å². The number of carboxylic acid groups (broad SMARTS) is 2. The number of aromatic amines is 1. The summed E-state index contributed by atoms with van der Waals surface area (Å²) in [6.07, 6.45) is 2.35. The summed E-state index contributed by atoms with van der Waals surface area (Å²) >= 11 is 4.11. The summed E-state index contributed by atoms with van der Waals surface area (Å²) in [5.74, 6) is -4.78. The molecule has 13 nitrogen and oxygen atoms in total. The summed E-state index contributed by atoms with van der Waals surface area (Å²) < 4.78 is 0. The van der Waals surface area contributed by atoms with Crippen molar-refractivity contribution in [2.24, 2.45) is 5.73 Å². The van der Waals surface area contributed by atoms with Crippen molar-refractivity contribution in [3.8, 4) is 0 Å². The molecule has 1 aromatic heterocycles. The van der Waals surface area contributed by atoms with Crippen molar-refractivity contribution in [2.75, 3.05) is 5.75 Å². The third kappa shape index (κ3) is 9.93. The highest BCUT2D eigenvalue weighted by Gasteiger charge is 2.30. The molecule has 14 heteroatoms. The normalized spacial score (nSPS) is 14.0. The molecule has 0 aliphatic carbocycles. The van der Waals surface area contributed by atoms with E-state index in [1.54, 1.807) is 30.3 Å². The minimum atomic E-state index is -1.29. The maximum Gasteiger partial charge on any atom is 0.326 e. The molecular formula is C23H30N6O7S. The number of benzene rings is 1. The first kappa shape index (κ1) is 29.3. The van der Waals surface area contributed by atoms with Crippen molar-refractivity contribution in [1.29, 1.82) is 0 Å². The van der Waals surface area contributed by atoms with Crippen LogP contribution in [0.25, 0.3) is 0 Å². The number of imidazole rings is 1. The van der Waals surface area contributed by atoms with Crippen LogP contribution in [0.15, 0.2) is 42.9 Å². The molecule has 4 atom stereocenters. The van der Waals surface area contributed by atoms with E-state index in [0.29, 0.717) is 11.3 Å². The van der Waals surface area contributed by atoms with Gasteiger partial charge in [-0.25, -0.2) is 9.78 Å². The van der Waals surface area contributed by atoms with Crippen molar-refractivity contribution in [2.45, 2.75) is 49.9 Å². The van der Waals surface area contributed by atoms with Gasteiger partial charge in [0.1, 0.15) is 18.1 Å². The van der Waals surface area contributed by atoms with Crippen LogP contribution in [-0.4, -0.2) is 79.8 Å². The number of thiol groups is 1. The third-order valence-corrected chi connectivity index (χ3v) is 5.70. The van der Waals surface area contributed by atoms with Gasteiger partial charge in [0, 0.05) is 36.9 Å². The highest BCUT2D eigenvalue weighted by atomic mass is 32.1. The molecule has 200 valence electrons. The van der Waals surface area contributed by atoms with Crippen molar-refractivity contribution < 1.29 is 34.2 Å². The molecule has 1 heterocycles. The van der Waals surface area contributed by atoms with Crippen LogP contribution in [0.3, 0.4) is 0 Å². The van der Waals surface area contributed by atoms with E-state index in [1.807, 2.05) is 0 Å². The topological polar surface area (TPSA) is 217 Å². The van der Waals surface area contributed by atoms with E-state index >= 15 is 0 Å². The van der Waals surface area contributed by atoms with Gasteiger partial charge in [-0.1, -0.05) is 30.3 Å². The number of amides is 3. The molecule has 0 aliphatic rings. The molecule has 0 aliphatic heterocycles. The molecule has 8 N–H and O–H groups in total. The molecule has 3 amide bonds. The van der Waals surface area contributed by atoms with E-state index < -0.39 is 53.8 Å². The number of hydrogen-bond donors (Lipinski definition) is 8. The van der Waals surface area contributed by atoms with Gasteiger partial charge >= 0.3 is 11.9 Å². The van der Waals surface area contributed by atoms with Gasteiger partial charge in [-0.05, 0) is 12.0 Å². The summed E-state index contributed by atoms with van der Waals surface area (Å²) in [5, 5.41) is 25.7. The zero-order valence-corrected chi connectivity index (χ0v) is 20.7. The summed E-state index contributed by atoms with van der Waals surface area (Å²) in [5.41, 5.74) is 6.97. The van der Waals surface area contributed by atoms with E-state index in [9.17, 15) is 29.1 Å². The second-order valence-corrected chi connectivity index (χ2v) is 8.58. The number of carbonyl (C=O) groups excluding carboxylic acids is 3. The monoisotopic (exact) mass is 534 g/mol. The second-order valence-electron chi connectivity index (χ2n) is 8.21. The predicted molar refractivity (Wildman–Crippen MR) is 135 cm³/mol. The molecular weight excluding hydrogens is 504 g/mol. The Morgan fingerprint density at radius 2 is 1.54 bits per heavy atom. The number of nitrogens with two attached hydrogens (primary N) is 1. The van der Waals surface area contributed by atoms with Crippen LogP contribution in [0.4, 0.5) is 0 Å². The lowest BCUT2D eigenvalue weighted by Crippen LogP contribution is -2.58. The fourth-order valence-electron chi connectivity index (χ4n) is 3.30. The van der Waals surface area contributed by atoms with Crippen LogP contribution in [0.2, 0.25) is 0 Å². The zero-order chi connectivity index (χ0) is 27.4. The lowest BCUT2D eigenvalue weighted by Gasteiger charge is -2.24. The van der Waals surface area contributed by atoms with Crippen molar-refractivity contribution in [3.05, 3.63) is 54.1 Å². The molecule has 2 rings (SSSR count). The maximum absolute atomic E-state index is 13.1. The zero-order valence-electron chi connectivity index (χ0n) is 19.8. The Bertz CT molecular complexity index is 1070. The number of rotatable bonds is 15.